The van der Waals surface area contributed by atoms with E-state index in [0.717, 1.165) is 47.3 Å². The van der Waals surface area contributed by atoms with Crippen molar-refractivity contribution in [1.29, 1.82) is 0 Å². The maximum Gasteiger partial charge on any atom is -0.0162 e. The van der Waals surface area contributed by atoms with E-state index in [9.17, 15) is 0 Å². The molecule has 4 fully saturated rings. The Labute approximate surface area is 311 Å². The standard InChI is InChI=1S/C26H42.C24H38/c1-19-9-13-25(14-10-19)26-15-11-23(12-16-26)7-5-6-8-24-17-20(2)22(4)21(3)18-24;1-17-5-7-21(8-6-17)9-10-22-11-13-23(14-12-22)24-15-18(2)20(4)19(3)16-24/h17-19,23,25-26H,5-16H2,1-4H3;15-17,21-23H,5-14H2,1-4H3. The van der Waals surface area contributed by atoms with Crippen LogP contribution in [0.3, 0.4) is 0 Å². The first-order valence-electron chi connectivity index (χ1n) is 22.2. The third-order valence-corrected chi connectivity index (χ3v) is 15.3. The van der Waals surface area contributed by atoms with Crippen LogP contribution in [0.25, 0.3) is 0 Å². The van der Waals surface area contributed by atoms with Gasteiger partial charge in [-0.05, 0) is 198 Å². The Morgan fingerprint density at radius 3 is 1.30 bits per heavy atom. The third kappa shape index (κ3) is 11.7. The fourth-order valence-electron chi connectivity index (χ4n) is 10.9. The van der Waals surface area contributed by atoms with Crippen LogP contribution in [0.1, 0.15) is 199 Å². The molecule has 0 aromatic heterocycles. The Bertz CT molecular complexity index is 1240. The molecule has 4 aliphatic carbocycles. The molecule has 0 saturated heterocycles. The Morgan fingerprint density at radius 2 is 0.800 bits per heavy atom. The molecule has 0 heterocycles. The van der Waals surface area contributed by atoms with Crippen molar-refractivity contribution >= 4 is 0 Å². The van der Waals surface area contributed by atoms with Crippen LogP contribution < -0.4 is 0 Å². The SMILES string of the molecule is Cc1cc(C2CCC(CCC3CCC(C)CC3)CC2)cc(C)c1C.Cc1cc(CCCCC2CCC(C3CCC(C)CC3)CC2)cc(C)c1C. The lowest BCUT2D eigenvalue weighted by molar-refractivity contribution is 0.146. The summed E-state index contributed by atoms with van der Waals surface area (Å²) in [5, 5.41) is 0. The van der Waals surface area contributed by atoms with Crippen molar-refractivity contribution in [3.63, 3.8) is 0 Å². The van der Waals surface area contributed by atoms with E-state index in [4.69, 9.17) is 0 Å². The summed E-state index contributed by atoms with van der Waals surface area (Å²) in [5.41, 5.74) is 12.0. The quantitative estimate of drug-likeness (QED) is 0.219. The van der Waals surface area contributed by atoms with Crippen LogP contribution in [-0.4, -0.2) is 0 Å². The molecule has 0 N–H and O–H groups in total. The molecule has 50 heavy (non-hydrogen) atoms. The fourth-order valence-corrected chi connectivity index (χ4v) is 10.9. The topological polar surface area (TPSA) is 0 Å². The lowest BCUT2D eigenvalue weighted by atomic mass is 9.69. The molecule has 0 amide bonds. The predicted octanol–water partition coefficient (Wildman–Crippen LogP) is 15.4. The predicted molar refractivity (Wildman–Crippen MR) is 220 cm³/mol. The fraction of sp³-hybridized carbons (Fsp3) is 0.760. The number of aryl methyl sites for hydroxylation is 5. The van der Waals surface area contributed by atoms with Gasteiger partial charge in [-0.25, -0.2) is 0 Å². The van der Waals surface area contributed by atoms with Crippen LogP contribution in [0.15, 0.2) is 24.3 Å². The lowest BCUT2D eigenvalue weighted by Crippen LogP contribution is -2.25. The number of rotatable bonds is 10. The molecule has 4 saturated carbocycles. The van der Waals surface area contributed by atoms with Crippen LogP contribution in [0.4, 0.5) is 0 Å². The first-order valence-corrected chi connectivity index (χ1v) is 22.2. The summed E-state index contributed by atoms with van der Waals surface area (Å²) in [6, 6.07) is 9.77. The molecular formula is C50H80. The summed E-state index contributed by atoms with van der Waals surface area (Å²) in [4.78, 5) is 0. The van der Waals surface area contributed by atoms with E-state index in [1.807, 2.05) is 0 Å². The van der Waals surface area contributed by atoms with Crippen LogP contribution in [-0.2, 0) is 6.42 Å². The smallest absolute Gasteiger partial charge is 0.0162 e. The molecule has 0 aliphatic heterocycles. The second-order valence-electron chi connectivity index (χ2n) is 19.1. The maximum atomic E-state index is 2.47. The Kier molecular flexibility index (Phi) is 15.5. The molecule has 0 radical (unpaired) electrons. The van der Waals surface area contributed by atoms with Crippen molar-refractivity contribution in [2.24, 2.45) is 41.4 Å². The molecule has 0 spiro atoms. The van der Waals surface area contributed by atoms with Gasteiger partial charge in [0.1, 0.15) is 0 Å². The van der Waals surface area contributed by atoms with Crippen LogP contribution in [0, 0.1) is 83.0 Å². The van der Waals surface area contributed by atoms with Gasteiger partial charge < -0.3 is 0 Å². The van der Waals surface area contributed by atoms with Crippen molar-refractivity contribution in [2.75, 3.05) is 0 Å². The molecule has 0 heteroatoms. The summed E-state index contributed by atoms with van der Waals surface area (Å²) in [7, 11) is 0. The summed E-state index contributed by atoms with van der Waals surface area (Å²) < 4.78 is 0. The van der Waals surface area contributed by atoms with Crippen molar-refractivity contribution in [3.8, 4) is 0 Å². The highest BCUT2D eigenvalue weighted by molar-refractivity contribution is 5.39. The normalized spacial score (nSPS) is 30.4. The summed E-state index contributed by atoms with van der Waals surface area (Å²) in [5.74, 6) is 8.11. The van der Waals surface area contributed by atoms with Crippen LogP contribution in [0.5, 0.6) is 0 Å². The van der Waals surface area contributed by atoms with Gasteiger partial charge in [0.25, 0.3) is 0 Å². The average molecular weight is 681 g/mol. The first kappa shape index (κ1) is 39.6. The summed E-state index contributed by atoms with van der Waals surface area (Å²) >= 11 is 0. The zero-order valence-electron chi connectivity index (χ0n) is 34.5. The highest BCUT2D eigenvalue weighted by atomic mass is 14.4. The molecule has 2 aromatic rings. The lowest BCUT2D eigenvalue weighted by Gasteiger charge is -2.37. The Hall–Kier alpha value is -1.56. The molecule has 0 bridgehead atoms. The van der Waals surface area contributed by atoms with Gasteiger partial charge in [-0.15, -0.1) is 0 Å². The zero-order chi connectivity index (χ0) is 35.6. The molecule has 0 atom stereocenters. The second kappa shape index (κ2) is 19.5. The average Bonchev–Trinajstić information content (AvgIpc) is 3.12. The van der Waals surface area contributed by atoms with Gasteiger partial charge in [-0.2, -0.15) is 0 Å². The number of hydrogen-bond donors (Lipinski definition) is 0. The summed E-state index contributed by atoms with van der Waals surface area (Å²) in [6.07, 6.45) is 32.6. The van der Waals surface area contributed by atoms with Gasteiger partial charge in [0.15, 0.2) is 0 Å². The first-order chi connectivity index (χ1) is 24.0. The minimum absolute atomic E-state index is 0.829. The van der Waals surface area contributed by atoms with Gasteiger partial charge in [0.2, 0.25) is 0 Å². The van der Waals surface area contributed by atoms with Gasteiger partial charge in [0, 0.05) is 0 Å². The molecule has 0 unspecified atom stereocenters. The second-order valence-corrected chi connectivity index (χ2v) is 19.1. The highest BCUT2D eigenvalue weighted by Crippen LogP contribution is 2.43. The van der Waals surface area contributed by atoms with E-state index in [-0.39, 0.29) is 0 Å². The van der Waals surface area contributed by atoms with E-state index >= 15 is 0 Å². The number of hydrogen-bond acceptors (Lipinski definition) is 0. The van der Waals surface area contributed by atoms with E-state index in [0.29, 0.717) is 0 Å². The maximum absolute atomic E-state index is 2.47. The van der Waals surface area contributed by atoms with Crippen molar-refractivity contribution in [3.05, 3.63) is 68.8 Å². The minimum Gasteiger partial charge on any atom is -0.0625 e. The zero-order valence-corrected chi connectivity index (χ0v) is 34.5. The van der Waals surface area contributed by atoms with Gasteiger partial charge in [-0.3, -0.25) is 0 Å². The molecule has 4 aliphatic rings. The number of benzene rings is 2. The molecule has 280 valence electrons. The largest absolute Gasteiger partial charge is 0.0625 e. The Balaban J connectivity index is 0.000000195. The van der Waals surface area contributed by atoms with Crippen LogP contribution in [0.2, 0.25) is 0 Å². The number of unbranched alkanes of at least 4 members (excludes halogenated alkanes) is 1. The van der Waals surface area contributed by atoms with E-state index < -0.39 is 0 Å². The molecular weight excluding hydrogens is 601 g/mol. The van der Waals surface area contributed by atoms with E-state index in [2.05, 4.69) is 79.7 Å². The van der Waals surface area contributed by atoms with E-state index in [1.54, 1.807) is 24.0 Å². The monoisotopic (exact) mass is 681 g/mol. The minimum atomic E-state index is 0.829. The molecule has 2 aromatic carbocycles. The van der Waals surface area contributed by atoms with Gasteiger partial charge in [-0.1, -0.05) is 115 Å². The van der Waals surface area contributed by atoms with Crippen molar-refractivity contribution in [1.82, 2.24) is 0 Å². The highest BCUT2D eigenvalue weighted by Gasteiger charge is 2.30. The Morgan fingerprint density at radius 1 is 0.420 bits per heavy atom. The van der Waals surface area contributed by atoms with Gasteiger partial charge >= 0.3 is 0 Å². The van der Waals surface area contributed by atoms with Crippen molar-refractivity contribution in [2.45, 2.75) is 203 Å². The summed E-state index contributed by atoms with van der Waals surface area (Å²) in [6.45, 7) is 18.5. The van der Waals surface area contributed by atoms with Gasteiger partial charge in [0.05, 0.1) is 0 Å². The van der Waals surface area contributed by atoms with E-state index in [1.165, 1.54) is 162 Å². The third-order valence-electron chi connectivity index (χ3n) is 15.3. The van der Waals surface area contributed by atoms with Crippen molar-refractivity contribution < 1.29 is 0 Å². The van der Waals surface area contributed by atoms with Crippen LogP contribution >= 0.6 is 0 Å². The molecule has 0 nitrogen and oxygen atoms in total. The molecule has 6 rings (SSSR count).